The van der Waals surface area contributed by atoms with Crippen molar-refractivity contribution in [2.75, 3.05) is 48.5 Å². The second-order valence-electron chi connectivity index (χ2n) is 12.3. The predicted octanol–water partition coefficient (Wildman–Crippen LogP) is 6.86. The Hall–Kier alpha value is -4.40. The summed E-state index contributed by atoms with van der Waals surface area (Å²) in [7, 11) is 9.19. The first-order valence-electron chi connectivity index (χ1n) is 15.5. The predicted molar refractivity (Wildman–Crippen MR) is 173 cm³/mol. The van der Waals surface area contributed by atoms with Crippen molar-refractivity contribution in [3.05, 3.63) is 94.0 Å². The van der Waals surface area contributed by atoms with Crippen molar-refractivity contribution in [2.45, 2.75) is 37.8 Å². The van der Waals surface area contributed by atoms with Crippen LogP contribution in [0.5, 0.6) is 46.0 Å². The van der Waals surface area contributed by atoms with E-state index in [2.05, 4.69) is 54.2 Å². The van der Waals surface area contributed by atoms with Gasteiger partial charge < -0.3 is 28.8 Å². The molecular weight excluding hydrogens is 568 g/mol. The minimum absolute atomic E-state index is 0.0160. The van der Waals surface area contributed by atoms with Crippen molar-refractivity contribution in [1.82, 2.24) is 9.80 Å². The normalized spacial score (nSPS) is 19.4. The Kier molecular flexibility index (Phi) is 7.71. The molecule has 2 atom stereocenters. The van der Waals surface area contributed by atoms with Crippen LogP contribution in [-0.2, 0) is 25.7 Å². The van der Waals surface area contributed by atoms with Crippen LogP contribution in [-0.4, -0.2) is 63.4 Å². The Balaban J connectivity index is 1.45. The average Bonchev–Trinajstić information content (AvgIpc) is 3.05. The molecule has 0 aliphatic carbocycles. The monoisotopic (exact) mass is 608 g/mol. The van der Waals surface area contributed by atoms with Gasteiger partial charge in [0.1, 0.15) is 5.75 Å². The molecule has 234 valence electrons. The van der Waals surface area contributed by atoms with E-state index in [4.69, 9.17) is 23.7 Å². The Bertz CT molecular complexity index is 1740. The lowest BCUT2D eigenvalue weighted by Crippen LogP contribution is -2.34. The van der Waals surface area contributed by atoms with Crippen molar-refractivity contribution in [1.29, 1.82) is 0 Å². The number of phenols is 1. The summed E-state index contributed by atoms with van der Waals surface area (Å²) in [4.78, 5) is 4.71. The van der Waals surface area contributed by atoms with Gasteiger partial charge in [-0.05, 0) is 110 Å². The molecule has 0 spiro atoms. The van der Waals surface area contributed by atoms with E-state index in [1.807, 2.05) is 30.3 Å². The van der Waals surface area contributed by atoms with Gasteiger partial charge in [0.2, 0.25) is 5.75 Å². The summed E-state index contributed by atoms with van der Waals surface area (Å²) in [5.74, 6) is 4.09. The van der Waals surface area contributed by atoms with Gasteiger partial charge in [-0.15, -0.1) is 0 Å². The fourth-order valence-corrected chi connectivity index (χ4v) is 7.10. The van der Waals surface area contributed by atoms with Gasteiger partial charge in [-0.25, -0.2) is 0 Å². The van der Waals surface area contributed by atoms with E-state index in [-0.39, 0.29) is 17.8 Å². The molecule has 0 aromatic heterocycles. The van der Waals surface area contributed by atoms with Crippen LogP contribution < -0.4 is 23.7 Å². The third-order valence-electron chi connectivity index (χ3n) is 9.66. The van der Waals surface area contributed by atoms with Gasteiger partial charge in [0, 0.05) is 30.7 Å². The van der Waals surface area contributed by atoms with Gasteiger partial charge in [0.25, 0.3) is 0 Å². The van der Waals surface area contributed by atoms with Crippen LogP contribution in [0, 0.1) is 0 Å². The largest absolute Gasteiger partial charge is 0.502 e. The molecule has 1 unspecified atom stereocenters. The average molecular weight is 609 g/mol. The number of phenolic OH excluding ortho intramolecular Hbond substituents is 1. The van der Waals surface area contributed by atoms with Crippen LogP contribution in [0.4, 0.5) is 0 Å². The zero-order chi connectivity index (χ0) is 31.2. The summed E-state index contributed by atoms with van der Waals surface area (Å²) in [6.45, 7) is 1.80. The smallest absolute Gasteiger partial charge is 0.201 e. The van der Waals surface area contributed by atoms with E-state index >= 15 is 0 Å². The summed E-state index contributed by atoms with van der Waals surface area (Å²) >= 11 is 0. The maximum absolute atomic E-state index is 11.6. The van der Waals surface area contributed by atoms with Gasteiger partial charge in [-0.2, -0.15) is 0 Å². The van der Waals surface area contributed by atoms with E-state index in [1.54, 1.807) is 21.3 Å². The molecule has 0 radical (unpaired) electrons. The number of likely N-dealkylation sites (N-methyl/N-ethyl adjacent to an activating group) is 2. The molecular formula is C37H40N2O6. The number of methoxy groups -OCH3 is 3. The molecule has 4 heterocycles. The third kappa shape index (κ3) is 5.32. The van der Waals surface area contributed by atoms with Crippen molar-refractivity contribution in [2.24, 2.45) is 0 Å². The van der Waals surface area contributed by atoms with E-state index in [9.17, 15) is 5.11 Å². The number of benzene rings is 4. The molecule has 8 nitrogen and oxygen atoms in total. The molecule has 4 aromatic carbocycles. The standard InChI is InChI=1S/C37H40N2O6/c1-38-14-12-24-19-31(42-4)33-21-27(24)28(38)16-22-6-9-26(10-7-22)44-32-18-23(8-11-30(32)41-3)17-29-35-25(13-15-39(29)2)20-34(43-5)36(40)37(35)45-33/h6-11,18-21,28-29,40H,12-17H2,1-5H3/t28?,29-/m0/s1. The first kappa shape index (κ1) is 29.3. The molecule has 4 aliphatic rings. The summed E-state index contributed by atoms with van der Waals surface area (Å²) in [5, 5.41) is 11.6. The topological polar surface area (TPSA) is 72.9 Å². The van der Waals surface area contributed by atoms with Crippen molar-refractivity contribution < 1.29 is 28.8 Å². The van der Waals surface area contributed by atoms with Gasteiger partial charge in [0.05, 0.1) is 21.3 Å². The molecule has 0 saturated heterocycles. The van der Waals surface area contributed by atoms with Crippen LogP contribution in [0.1, 0.15) is 45.5 Å². The van der Waals surface area contributed by atoms with Crippen LogP contribution >= 0.6 is 0 Å². The zero-order valence-electron chi connectivity index (χ0n) is 26.6. The highest BCUT2D eigenvalue weighted by molar-refractivity contribution is 5.63. The molecule has 0 amide bonds. The van der Waals surface area contributed by atoms with E-state index in [1.165, 1.54) is 16.7 Å². The summed E-state index contributed by atoms with van der Waals surface area (Å²) < 4.78 is 30.5. The molecule has 4 aromatic rings. The van der Waals surface area contributed by atoms with Gasteiger partial charge >= 0.3 is 0 Å². The van der Waals surface area contributed by atoms with Crippen molar-refractivity contribution in [3.8, 4) is 46.0 Å². The minimum Gasteiger partial charge on any atom is -0.502 e. The first-order valence-corrected chi connectivity index (χ1v) is 15.5. The molecule has 6 bridgehead atoms. The number of aromatic hydroxyl groups is 1. The number of rotatable bonds is 3. The molecule has 0 fully saturated rings. The van der Waals surface area contributed by atoms with E-state index < -0.39 is 0 Å². The van der Waals surface area contributed by atoms with Gasteiger partial charge in [-0.3, -0.25) is 9.80 Å². The van der Waals surface area contributed by atoms with Gasteiger partial charge in [0.15, 0.2) is 34.5 Å². The summed E-state index contributed by atoms with van der Waals surface area (Å²) in [6.07, 6.45) is 3.20. The zero-order valence-corrected chi connectivity index (χ0v) is 26.6. The Morgan fingerprint density at radius 3 is 2.02 bits per heavy atom. The minimum atomic E-state index is -0.0810. The molecule has 0 saturated carbocycles. The lowest BCUT2D eigenvalue weighted by molar-refractivity contribution is 0.220. The first-order chi connectivity index (χ1) is 21.9. The highest BCUT2D eigenvalue weighted by atomic mass is 16.5. The lowest BCUT2D eigenvalue weighted by atomic mass is 9.87. The van der Waals surface area contributed by atoms with Crippen LogP contribution in [0.3, 0.4) is 0 Å². The summed E-state index contributed by atoms with van der Waals surface area (Å²) in [5.41, 5.74) is 6.77. The lowest BCUT2D eigenvalue weighted by Gasteiger charge is -2.37. The molecule has 4 aliphatic heterocycles. The Morgan fingerprint density at radius 2 is 1.29 bits per heavy atom. The fourth-order valence-electron chi connectivity index (χ4n) is 7.10. The van der Waals surface area contributed by atoms with E-state index in [0.717, 1.165) is 54.8 Å². The number of ether oxygens (including phenoxy) is 5. The quantitative estimate of drug-likeness (QED) is 0.271. The molecule has 45 heavy (non-hydrogen) atoms. The van der Waals surface area contributed by atoms with E-state index in [0.29, 0.717) is 40.9 Å². The van der Waals surface area contributed by atoms with Gasteiger partial charge in [-0.1, -0.05) is 18.2 Å². The highest BCUT2D eigenvalue weighted by Crippen LogP contribution is 2.51. The van der Waals surface area contributed by atoms with Crippen LogP contribution in [0.15, 0.2) is 60.7 Å². The van der Waals surface area contributed by atoms with Crippen molar-refractivity contribution in [3.63, 3.8) is 0 Å². The molecule has 1 N–H and O–H groups in total. The fraction of sp³-hybridized carbons (Fsp3) is 0.351. The number of hydrogen-bond donors (Lipinski definition) is 1. The number of fused-ring (bicyclic) bond motifs is 2. The number of nitrogens with zero attached hydrogens (tertiary/aromatic N) is 2. The van der Waals surface area contributed by atoms with Crippen LogP contribution in [0.2, 0.25) is 0 Å². The van der Waals surface area contributed by atoms with Crippen molar-refractivity contribution >= 4 is 0 Å². The third-order valence-corrected chi connectivity index (χ3v) is 9.66. The second-order valence-corrected chi connectivity index (χ2v) is 12.3. The maximum Gasteiger partial charge on any atom is 0.201 e. The SMILES string of the molecule is COc1ccc2cc1Oc1ccc(cc1)CC1c3cc(c(OC)cc3CCN1C)Oc1c(O)c(OC)cc3c1[C@H](C2)N(C)CC3. The molecule has 8 rings (SSSR count). The second kappa shape index (κ2) is 11.8. The highest BCUT2D eigenvalue weighted by Gasteiger charge is 2.34. The molecule has 8 heteroatoms. The maximum atomic E-state index is 11.6. The Labute approximate surface area is 264 Å². The Morgan fingerprint density at radius 1 is 0.667 bits per heavy atom. The van der Waals surface area contributed by atoms with Crippen LogP contribution in [0.25, 0.3) is 0 Å². The summed E-state index contributed by atoms with van der Waals surface area (Å²) in [6, 6.07) is 20.6. The number of hydrogen-bond acceptors (Lipinski definition) is 8.